The molecule has 2 aromatic rings. The average Bonchev–Trinajstić information content (AvgIpc) is 2.23. The lowest BCUT2D eigenvalue weighted by atomic mass is 10.1. The zero-order valence-electron chi connectivity index (χ0n) is 8.87. The van der Waals surface area contributed by atoms with E-state index in [1.54, 1.807) is 6.07 Å². The minimum Gasteiger partial charge on any atom is -0.397 e. The lowest BCUT2D eigenvalue weighted by Gasteiger charge is -2.08. The van der Waals surface area contributed by atoms with Crippen molar-refractivity contribution >= 4 is 23.0 Å². The molecular weight excluding hydrogens is 222 g/mol. The largest absolute Gasteiger partial charge is 0.397 e. The summed E-state index contributed by atoms with van der Waals surface area (Å²) in [6, 6.07) is 9.55. The van der Waals surface area contributed by atoms with E-state index < -0.39 is 0 Å². The molecule has 1 aromatic carbocycles. The van der Waals surface area contributed by atoms with Crippen LogP contribution < -0.4 is 11.5 Å². The van der Waals surface area contributed by atoms with Crippen LogP contribution in [-0.4, -0.2) is 4.98 Å². The monoisotopic (exact) mass is 233 g/mol. The van der Waals surface area contributed by atoms with E-state index in [1.165, 1.54) is 0 Å². The van der Waals surface area contributed by atoms with Crippen LogP contribution in [0.5, 0.6) is 0 Å². The van der Waals surface area contributed by atoms with Gasteiger partial charge in [-0.05, 0) is 19.1 Å². The Kier molecular flexibility index (Phi) is 2.71. The highest BCUT2D eigenvalue weighted by Crippen LogP contribution is 2.29. The van der Waals surface area contributed by atoms with Crippen molar-refractivity contribution in [3.63, 3.8) is 0 Å². The van der Waals surface area contributed by atoms with Crippen LogP contribution in [0.3, 0.4) is 0 Å². The zero-order valence-corrected chi connectivity index (χ0v) is 9.62. The first-order chi connectivity index (χ1) is 7.58. The molecule has 0 fully saturated rings. The quantitative estimate of drug-likeness (QED) is 0.745. The summed E-state index contributed by atoms with van der Waals surface area (Å²) in [5, 5.41) is 0.283. The second-order valence-electron chi connectivity index (χ2n) is 3.68. The Labute approximate surface area is 99.1 Å². The number of halogens is 1. The van der Waals surface area contributed by atoms with Crippen molar-refractivity contribution in [3.05, 3.63) is 41.0 Å². The lowest BCUT2D eigenvalue weighted by Crippen LogP contribution is -1.98. The molecule has 0 bridgehead atoms. The first-order valence-corrected chi connectivity index (χ1v) is 5.24. The first kappa shape index (κ1) is 10.8. The minimum atomic E-state index is 0.283. The van der Waals surface area contributed by atoms with E-state index in [1.807, 2.05) is 31.2 Å². The number of pyridine rings is 1. The van der Waals surface area contributed by atoms with Gasteiger partial charge in [-0.2, -0.15) is 0 Å². The molecule has 0 aliphatic rings. The molecule has 0 radical (unpaired) electrons. The molecule has 0 saturated carbocycles. The van der Waals surface area contributed by atoms with Crippen LogP contribution in [0.4, 0.5) is 11.4 Å². The number of nitrogen functional groups attached to an aromatic ring is 2. The number of nitrogens with two attached hydrogens (primary N) is 2. The Bertz CT molecular complexity index is 538. The second kappa shape index (κ2) is 4.02. The van der Waals surface area contributed by atoms with Crippen LogP contribution in [0.15, 0.2) is 30.3 Å². The van der Waals surface area contributed by atoms with E-state index >= 15 is 0 Å². The molecule has 0 aliphatic heterocycles. The number of nitrogens with zero attached hydrogens (tertiary/aromatic N) is 1. The molecule has 2 rings (SSSR count). The Morgan fingerprint density at radius 1 is 1.12 bits per heavy atom. The second-order valence-corrected chi connectivity index (χ2v) is 4.03. The van der Waals surface area contributed by atoms with Crippen LogP contribution in [0.2, 0.25) is 5.15 Å². The topological polar surface area (TPSA) is 64.9 Å². The molecule has 0 aliphatic carbocycles. The zero-order chi connectivity index (χ0) is 11.7. The van der Waals surface area contributed by atoms with Crippen molar-refractivity contribution in [3.8, 4) is 11.3 Å². The summed E-state index contributed by atoms with van der Waals surface area (Å²) in [6.45, 7) is 2.01. The number of benzene rings is 1. The summed E-state index contributed by atoms with van der Waals surface area (Å²) in [4.78, 5) is 4.20. The van der Waals surface area contributed by atoms with Gasteiger partial charge in [0.15, 0.2) is 5.15 Å². The molecule has 82 valence electrons. The SMILES string of the molecule is Cc1cccc(-c2nc(Cl)c(N)cc2N)c1. The number of anilines is 2. The van der Waals surface area contributed by atoms with Crippen molar-refractivity contribution in [2.45, 2.75) is 6.92 Å². The first-order valence-electron chi connectivity index (χ1n) is 4.86. The van der Waals surface area contributed by atoms with Gasteiger partial charge in [0, 0.05) is 5.56 Å². The maximum absolute atomic E-state index is 5.88. The molecule has 0 unspecified atom stereocenters. The summed E-state index contributed by atoms with van der Waals surface area (Å²) in [7, 11) is 0. The Balaban J connectivity index is 2.60. The summed E-state index contributed by atoms with van der Waals surface area (Å²) >= 11 is 5.88. The van der Waals surface area contributed by atoms with Gasteiger partial charge in [-0.1, -0.05) is 35.4 Å². The van der Waals surface area contributed by atoms with Gasteiger partial charge in [-0.3, -0.25) is 0 Å². The Morgan fingerprint density at radius 2 is 1.88 bits per heavy atom. The summed E-state index contributed by atoms with van der Waals surface area (Å²) in [5.74, 6) is 0. The molecule has 16 heavy (non-hydrogen) atoms. The fourth-order valence-electron chi connectivity index (χ4n) is 1.55. The number of rotatable bonds is 1. The van der Waals surface area contributed by atoms with Gasteiger partial charge < -0.3 is 11.5 Å². The highest BCUT2D eigenvalue weighted by molar-refractivity contribution is 6.32. The lowest BCUT2D eigenvalue weighted by molar-refractivity contribution is 1.32. The smallest absolute Gasteiger partial charge is 0.152 e. The molecule has 1 heterocycles. The molecular formula is C12H12ClN3. The molecule has 0 saturated heterocycles. The molecule has 4 N–H and O–H groups in total. The predicted molar refractivity (Wildman–Crippen MR) is 68.2 cm³/mol. The van der Waals surface area contributed by atoms with Gasteiger partial charge in [0.1, 0.15) is 0 Å². The summed E-state index contributed by atoms with van der Waals surface area (Å²) in [5.41, 5.74) is 15.2. The van der Waals surface area contributed by atoms with Crippen LogP contribution >= 0.6 is 11.6 Å². The van der Waals surface area contributed by atoms with Gasteiger partial charge >= 0.3 is 0 Å². The maximum atomic E-state index is 5.88. The maximum Gasteiger partial charge on any atom is 0.152 e. The fourth-order valence-corrected chi connectivity index (χ4v) is 1.69. The number of aryl methyl sites for hydroxylation is 1. The average molecular weight is 234 g/mol. The molecule has 0 atom stereocenters. The third-order valence-electron chi connectivity index (χ3n) is 2.32. The third kappa shape index (κ3) is 1.95. The van der Waals surface area contributed by atoms with Crippen molar-refractivity contribution in [1.82, 2.24) is 4.98 Å². The van der Waals surface area contributed by atoms with Gasteiger partial charge in [0.25, 0.3) is 0 Å². The Hall–Kier alpha value is -1.74. The highest BCUT2D eigenvalue weighted by atomic mass is 35.5. The predicted octanol–water partition coefficient (Wildman–Crippen LogP) is 2.87. The van der Waals surface area contributed by atoms with Crippen LogP contribution in [0, 0.1) is 6.92 Å². The van der Waals surface area contributed by atoms with Gasteiger partial charge in [-0.15, -0.1) is 0 Å². The molecule has 0 amide bonds. The number of aromatic nitrogens is 1. The highest BCUT2D eigenvalue weighted by Gasteiger charge is 2.08. The van der Waals surface area contributed by atoms with Crippen LogP contribution in [0.25, 0.3) is 11.3 Å². The van der Waals surface area contributed by atoms with Crippen molar-refractivity contribution in [2.75, 3.05) is 11.5 Å². The normalized spacial score (nSPS) is 10.4. The van der Waals surface area contributed by atoms with Crippen LogP contribution in [-0.2, 0) is 0 Å². The minimum absolute atomic E-state index is 0.283. The van der Waals surface area contributed by atoms with E-state index in [0.29, 0.717) is 17.1 Å². The van der Waals surface area contributed by atoms with Gasteiger partial charge in [-0.25, -0.2) is 4.98 Å². The van der Waals surface area contributed by atoms with Gasteiger partial charge in [0.2, 0.25) is 0 Å². The Morgan fingerprint density at radius 3 is 2.56 bits per heavy atom. The summed E-state index contributed by atoms with van der Waals surface area (Å²) in [6.07, 6.45) is 0. The number of hydrogen-bond acceptors (Lipinski definition) is 3. The summed E-state index contributed by atoms with van der Waals surface area (Å²) < 4.78 is 0. The molecule has 0 spiro atoms. The van der Waals surface area contributed by atoms with E-state index in [-0.39, 0.29) is 5.15 Å². The number of hydrogen-bond donors (Lipinski definition) is 2. The van der Waals surface area contributed by atoms with Crippen molar-refractivity contribution < 1.29 is 0 Å². The van der Waals surface area contributed by atoms with E-state index in [9.17, 15) is 0 Å². The molecule has 3 nitrogen and oxygen atoms in total. The van der Waals surface area contributed by atoms with E-state index in [0.717, 1.165) is 11.1 Å². The van der Waals surface area contributed by atoms with E-state index in [2.05, 4.69) is 4.98 Å². The molecule has 1 aromatic heterocycles. The third-order valence-corrected chi connectivity index (χ3v) is 2.63. The van der Waals surface area contributed by atoms with Crippen LogP contribution in [0.1, 0.15) is 5.56 Å². The van der Waals surface area contributed by atoms with Crippen molar-refractivity contribution in [1.29, 1.82) is 0 Å². The molecule has 4 heteroatoms. The standard InChI is InChI=1S/C12H12ClN3/c1-7-3-2-4-8(5-7)11-9(14)6-10(15)12(13)16-11/h2-6H,14-15H2,1H3. The van der Waals surface area contributed by atoms with E-state index in [4.69, 9.17) is 23.1 Å². The fraction of sp³-hybridized carbons (Fsp3) is 0.0833. The van der Waals surface area contributed by atoms with Crippen molar-refractivity contribution in [2.24, 2.45) is 0 Å². The van der Waals surface area contributed by atoms with Gasteiger partial charge in [0.05, 0.1) is 17.1 Å².